The van der Waals surface area contributed by atoms with Gasteiger partial charge in [-0.05, 0) is 32.9 Å². The van der Waals surface area contributed by atoms with Gasteiger partial charge in [0.2, 0.25) is 5.91 Å². The first-order valence-electron chi connectivity index (χ1n) is 8.90. The molecule has 25 heavy (non-hydrogen) atoms. The predicted molar refractivity (Wildman–Crippen MR) is 97.6 cm³/mol. The number of urea groups is 1. The van der Waals surface area contributed by atoms with Crippen molar-refractivity contribution in [2.45, 2.75) is 51.6 Å². The number of amides is 3. The van der Waals surface area contributed by atoms with Gasteiger partial charge in [0.05, 0.1) is 13.7 Å². The van der Waals surface area contributed by atoms with Gasteiger partial charge in [0.25, 0.3) is 0 Å². The zero-order chi connectivity index (χ0) is 18.2. The van der Waals surface area contributed by atoms with Crippen LogP contribution in [0.5, 0.6) is 5.75 Å². The van der Waals surface area contributed by atoms with Crippen molar-refractivity contribution in [3.05, 3.63) is 29.3 Å². The van der Waals surface area contributed by atoms with Gasteiger partial charge in [-0.2, -0.15) is 0 Å². The maximum Gasteiger partial charge on any atom is 0.321 e. The minimum Gasteiger partial charge on any atom is -0.496 e. The van der Waals surface area contributed by atoms with E-state index in [4.69, 9.17) is 4.74 Å². The Morgan fingerprint density at radius 1 is 1.24 bits per heavy atom. The molecule has 1 saturated carbocycles. The van der Waals surface area contributed by atoms with E-state index >= 15 is 0 Å². The Bertz CT molecular complexity index is 598. The highest BCUT2D eigenvalue weighted by molar-refractivity contribution is 5.95. The van der Waals surface area contributed by atoms with Crippen LogP contribution < -0.4 is 15.4 Å². The number of ether oxygens (including phenoxy) is 1. The lowest BCUT2D eigenvalue weighted by molar-refractivity contribution is -0.121. The van der Waals surface area contributed by atoms with Crippen molar-refractivity contribution in [3.63, 3.8) is 0 Å². The van der Waals surface area contributed by atoms with Gasteiger partial charge in [0.1, 0.15) is 5.75 Å². The third-order valence-corrected chi connectivity index (χ3v) is 4.48. The molecule has 0 saturated heterocycles. The molecule has 6 heteroatoms. The van der Waals surface area contributed by atoms with Crippen LogP contribution in [0.25, 0.3) is 0 Å². The van der Waals surface area contributed by atoms with E-state index < -0.39 is 6.03 Å². The smallest absolute Gasteiger partial charge is 0.321 e. The molecule has 138 valence electrons. The van der Waals surface area contributed by atoms with Crippen LogP contribution in [0.15, 0.2) is 18.2 Å². The summed E-state index contributed by atoms with van der Waals surface area (Å²) in [5.41, 5.74) is 2.16. The monoisotopic (exact) mass is 347 g/mol. The molecule has 1 aliphatic carbocycles. The number of rotatable bonds is 6. The minimum atomic E-state index is -0.390. The van der Waals surface area contributed by atoms with E-state index in [1.165, 1.54) is 6.42 Å². The van der Waals surface area contributed by atoms with Crippen LogP contribution >= 0.6 is 0 Å². The van der Waals surface area contributed by atoms with Crippen molar-refractivity contribution in [2.24, 2.45) is 0 Å². The summed E-state index contributed by atoms with van der Waals surface area (Å²) in [6, 6.07) is 5.76. The molecule has 1 aromatic rings. The van der Waals surface area contributed by atoms with Crippen LogP contribution in [-0.4, -0.2) is 43.6 Å². The average Bonchev–Trinajstić information content (AvgIpc) is 2.55. The highest BCUT2D eigenvalue weighted by Gasteiger charge is 2.17. The first kappa shape index (κ1) is 19.2. The van der Waals surface area contributed by atoms with Crippen LogP contribution in [0.2, 0.25) is 0 Å². The van der Waals surface area contributed by atoms with E-state index in [2.05, 4.69) is 10.6 Å². The molecule has 0 radical (unpaired) electrons. The van der Waals surface area contributed by atoms with Crippen molar-refractivity contribution in [1.29, 1.82) is 0 Å². The van der Waals surface area contributed by atoms with Crippen molar-refractivity contribution in [3.8, 4) is 5.75 Å². The topological polar surface area (TPSA) is 70.7 Å². The number of nitrogens with one attached hydrogen (secondary N) is 2. The minimum absolute atomic E-state index is 0.148. The van der Waals surface area contributed by atoms with Gasteiger partial charge < -0.3 is 10.1 Å². The standard InChI is InChI=1S/C19H29N3O3/c1-14-9-10-17(25-3)15(11-14)12-22(2)13-18(23)21-19(24)20-16-7-5-4-6-8-16/h9-11,16H,4-8,12-13H2,1-3H3,(H2,20,21,23,24). The Morgan fingerprint density at radius 2 is 1.96 bits per heavy atom. The highest BCUT2D eigenvalue weighted by Crippen LogP contribution is 2.21. The van der Waals surface area contributed by atoms with Gasteiger partial charge in [-0.15, -0.1) is 0 Å². The van der Waals surface area contributed by atoms with Crippen LogP contribution in [0.3, 0.4) is 0 Å². The lowest BCUT2D eigenvalue weighted by atomic mass is 9.96. The van der Waals surface area contributed by atoms with Crippen LogP contribution in [-0.2, 0) is 11.3 Å². The number of nitrogens with zero attached hydrogens (tertiary/aromatic N) is 1. The summed E-state index contributed by atoms with van der Waals surface area (Å²) in [6.45, 7) is 2.74. The highest BCUT2D eigenvalue weighted by atomic mass is 16.5. The first-order chi connectivity index (χ1) is 12.0. The Kier molecular flexibility index (Phi) is 7.25. The Labute approximate surface area is 149 Å². The summed E-state index contributed by atoms with van der Waals surface area (Å²) < 4.78 is 5.36. The molecule has 0 spiro atoms. The fraction of sp³-hybridized carbons (Fsp3) is 0.579. The number of hydrogen-bond donors (Lipinski definition) is 2. The zero-order valence-electron chi connectivity index (χ0n) is 15.4. The molecule has 0 bridgehead atoms. The van der Waals surface area contributed by atoms with Gasteiger partial charge in [0, 0.05) is 18.2 Å². The molecule has 0 heterocycles. The molecule has 3 amide bonds. The summed E-state index contributed by atoms with van der Waals surface area (Å²) in [5.74, 6) is 0.496. The molecule has 1 fully saturated rings. The molecule has 2 rings (SSSR count). The van der Waals surface area contributed by atoms with Gasteiger partial charge in [-0.25, -0.2) is 4.79 Å². The largest absolute Gasteiger partial charge is 0.496 e. The predicted octanol–water partition coefficient (Wildman–Crippen LogP) is 2.59. The average molecular weight is 347 g/mol. The SMILES string of the molecule is COc1ccc(C)cc1CN(C)CC(=O)NC(=O)NC1CCCCC1. The maximum absolute atomic E-state index is 12.1. The van der Waals surface area contributed by atoms with E-state index in [-0.39, 0.29) is 18.5 Å². The third-order valence-electron chi connectivity index (χ3n) is 4.48. The summed E-state index contributed by atoms with van der Waals surface area (Å²) >= 11 is 0. The van der Waals surface area contributed by atoms with E-state index in [1.807, 2.05) is 37.1 Å². The quantitative estimate of drug-likeness (QED) is 0.830. The molecule has 1 aromatic carbocycles. The molecule has 0 aromatic heterocycles. The number of likely N-dealkylation sites (N-methyl/N-ethyl adjacent to an activating group) is 1. The number of carbonyl (C=O) groups excluding carboxylic acids is 2. The number of carbonyl (C=O) groups is 2. The molecule has 0 unspecified atom stereocenters. The number of benzene rings is 1. The normalized spacial score (nSPS) is 15.0. The van der Waals surface area contributed by atoms with Gasteiger partial charge in [0.15, 0.2) is 0 Å². The maximum atomic E-state index is 12.1. The number of imide groups is 1. The molecule has 1 aliphatic rings. The van der Waals surface area contributed by atoms with Crippen LogP contribution in [0.1, 0.15) is 43.2 Å². The molecule has 0 atom stereocenters. The van der Waals surface area contributed by atoms with Crippen molar-refractivity contribution < 1.29 is 14.3 Å². The Hall–Kier alpha value is -2.08. The van der Waals surface area contributed by atoms with E-state index in [0.717, 1.165) is 42.6 Å². The Morgan fingerprint density at radius 3 is 2.64 bits per heavy atom. The summed E-state index contributed by atoms with van der Waals surface area (Å²) in [6.07, 6.45) is 5.50. The van der Waals surface area contributed by atoms with Gasteiger partial charge in [-0.1, -0.05) is 37.0 Å². The molecule has 0 aliphatic heterocycles. The first-order valence-corrected chi connectivity index (χ1v) is 8.90. The van der Waals surface area contributed by atoms with Crippen molar-refractivity contribution >= 4 is 11.9 Å². The van der Waals surface area contributed by atoms with E-state index in [9.17, 15) is 9.59 Å². The molecular weight excluding hydrogens is 318 g/mol. The Balaban J connectivity index is 1.79. The second kappa shape index (κ2) is 9.42. The molecule has 2 N–H and O–H groups in total. The third kappa shape index (κ3) is 6.38. The van der Waals surface area contributed by atoms with Crippen LogP contribution in [0, 0.1) is 6.92 Å². The fourth-order valence-electron chi connectivity index (χ4n) is 3.26. The number of aryl methyl sites for hydroxylation is 1. The zero-order valence-corrected chi connectivity index (χ0v) is 15.4. The van der Waals surface area contributed by atoms with Crippen LogP contribution in [0.4, 0.5) is 4.79 Å². The van der Waals surface area contributed by atoms with E-state index in [0.29, 0.717) is 6.54 Å². The van der Waals surface area contributed by atoms with Gasteiger partial charge in [-0.3, -0.25) is 15.0 Å². The molecule has 6 nitrogen and oxygen atoms in total. The second-order valence-electron chi connectivity index (χ2n) is 6.84. The number of methoxy groups -OCH3 is 1. The summed E-state index contributed by atoms with van der Waals surface area (Å²) in [7, 11) is 3.48. The van der Waals surface area contributed by atoms with Crippen molar-refractivity contribution in [1.82, 2.24) is 15.5 Å². The summed E-state index contributed by atoms with van der Waals surface area (Å²) in [4.78, 5) is 25.9. The van der Waals surface area contributed by atoms with Gasteiger partial charge >= 0.3 is 6.03 Å². The van der Waals surface area contributed by atoms with E-state index in [1.54, 1.807) is 7.11 Å². The fourth-order valence-corrected chi connectivity index (χ4v) is 3.26. The summed E-state index contributed by atoms with van der Waals surface area (Å²) in [5, 5.41) is 5.31. The lowest BCUT2D eigenvalue weighted by Crippen LogP contribution is -2.47. The lowest BCUT2D eigenvalue weighted by Gasteiger charge is -2.23. The second-order valence-corrected chi connectivity index (χ2v) is 6.84. The van der Waals surface area contributed by atoms with Crippen molar-refractivity contribution in [2.75, 3.05) is 20.7 Å². The molecular formula is C19H29N3O3. The number of hydrogen-bond acceptors (Lipinski definition) is 4.